The fourth-order valence-corrected chi connectivity index (χ4v) is 3.56. The largest absolute Gasteiger partial charge is 0.326 e. The zero-order valence-corrected chi connectivity index (χ0v) is 14.8. The van der Waals surface area contributed by atoms with Gasteiger partial charge in [-0.15, -0.1) is 0 Å². The first-order valence-electron chi connectivity index (χ1n) is 9.35. The molecule has 4 nitrogen and oxygen atoms in total. The van der Waals surface area contributed by atoms with Gasteiger partial charge in [-0.05, 0) is 44.4 Å². The number of allylic oxidation sites excluding steroid dienone is 1. The molecule has 0 unspecified atom stereocenters. The molecule has 1 aromatic carbocycles. The quantitative estimate of drug-likeness (QED) is 0.618. The number of hydrogen-bond acceptors (Lipinski definition) is 2. The number of unbranched alkanes of at least 4 members (excludes halogenated alkanes) is 2. The molecule has 1 aromatic heterocycles. The third kappa shape index (κ3) is 4.18. The molecule has 1 aliphatic heterocycles. The van der Waals surface area contributed by atoms with Gasteiger partial charge >= 0.3 is 5.69 Å². The number of fused-ring (bicyclic) bond motifs is 1. The van der Waals surface area contributed by atoms with Crippen LogP contribution < -0.4 is 5.69 Å². The third-order valence-electron chi connectivity index (χ3n) is 5.03. The van der Waals surface area contributed by atoms with Crippen LogP contribution in [-0.4, -0.2) is 34.1 Å². The average molecular weight is 327 g/mol. The lowest BCUT2D eigenvalue weighted by Crippen LogP contribution is -2.32. The molecule has 2 heterocycles. The summed E-state index contributed by atoms with van der Waals surface area (Å²) in [6.45, 7) is 6.45. The van der Waals surface area contributed by atoms with E-state index >= 15 is 0 Å². The minimum absolute atomic E-state index is 0.0102. The molecular formula is C20H29N3O. The maximum Gasteiger partial charge on any atom is 0.326 e. The molecule has 0 saturated carbocycles. The van der Waals surface area contributed by atoms with Crippen molar-refractivity contribution >= 4 is 11.0 Å². The van der Waals surface area contributed by atoms with E-state index in [1.54, 1.807) is 5.57 Å². The number of H-pyrrole nitrogens is 1. The topological polar surface area (TPSA) is 41.0 Å². The number of hydrogen-bond donors (Lipinski definition) is 1. The highest BCUT2D eigenvalue weighted by molar-refractivity contribution is 5.74. The molecule has 2 aromatic rings. The number of aromatic amines is 1. The number of para-hydroxylation sites is 2. The van der Waals surface area contributed by atoms with E-state index in [9.17, 15) is 4.79 Å². The van der Waals surface area contributed by atoms with Crippen molar-refractivity contribution in [2.24, 2.45) is 0 Å². The second-order valence-electron chi connectivity index (χ2n) is 6.80. The number of nitrogens with zero attached hydrogens (tertiary/aromatic N) is 2. The molecule has 0 amide bonds. The lowest BCUT2D eigenvalue weighted by molar-refractivity contribution is 0.248. The van der Waals surface area contributed by atoms with E-state index in [4.69, 9.17) is 0 Å². The Morgan fingerprint density at radius 3 is 2.71 bits per heavy atom. The Labute approximate surface area is 144 Å². The van der Waals surface area contributed by atoms with Crippen LogP contribution in [0.5, 0.6) is 0 Å². The second-order valence-corrected chi connectivity index (χ2v) is 6.80. The van der Waals surface area contributed by atoms with Crippen LogP contribution in [0.25, 0.3) is 11.0 Å². The predicted octanol–water partition coefficient (Wildman–Crippen LogP) is 3.93. The molecule has 1 N–H and O–H groups in total. The van der Waals surface area contributed by atoms with E-state index in [1.807, 2.05) is 28.8 Å². The zero-order valence-electron chi connectivity index (χ0n) is 14.8. The number of likely N-dealkylation sites (tertiary alicyclic amines) is 1. The zero-order chi connectivity index (χ0) is 16.8. The van der Waals surface area contributed by atoms with E-state index in [0.29, 0.717) is 0 Å². The Balaban J connectivity index is 1.46. The summed E-state index contributed by atoms with van der Waals surface area (Å²) in [7, 11) is 0. The highest BCUT2D eigenvalue weighted by atomic mass is 16.1. The molecule has 0 aliphatic carbocycles. The molecule has 1 saturated heterocycles. The van der Waals surface area contributed by atoms with Crippen LogP contribution in [-0.2, 0) is 6.54 Å². The number of aryl methyl sites for hydroxylation is 1. The highest BCUT2D eigenvalue weighted by Gasteiger charge is 2.13. The maximum absolute atomic E-state index is 12.1. The summed E-state index contributed by atoms with van der Waals surface area (Å²) in [4.78, 5) is 17.5. The monoisotopic (exact) mass is 327 g/mol. The van der Waals surface area contributed by atoms with Crippen LogP contribution >= 0.6 is 0 Å². The number of aromatic nitrogens is 2. The van der Waals surface area contributed by atoms with E-state index in [-0.39, 0.29) is 5.69 Å². The van der Waals surface area contributed by atoms with Gasteiger partial charge in [0.2, 0.25) is 0 Å². The van der Waals surface area contributed by atoms with Gasteiger partial charge in [0.15, 0.2) is 0 Å². The minimum atomic E-state index is 0.0102. The molecule has 1 aliphatic rings. The Bertz CT molecular complexity index is 731. The van der Waals surface area contributed by atoms with Gasteiger partial charge < -0.3 is 9.88 Å². The van der Waals surface area contributed by atoms with Gasteiger partial charge in [0.05, 0.1) is 11.0 Å². The summed E-state index contributed by atoms with van der Waals surface area (Å²) in [6.07, 6.45) is 9.77. The number of rotatable bonds is 7. The van der Waals surface area contributed by atoms with Gasteiger partial charge in [-0.2, -0.15) is 0 Å². The van der Waals surface area contributed by atoms with E-state index in [0.717, 1.165) is 30.5 Å². The molecule has 3 rings (SSSR count). The van der Waals surface area contributed by atoms with Gasteiger partial charge in [-0.1, -0.05) is 43.5 Å². The van der Waals surface area contributed by atoms with Crippen molar-refractivity contribution in [2.75, 3.05) is 19.6 Å². The fourth-order valence-electron chi connectivity index (χ4n) is 3.56. The van der Waals surface area contributed by atoms with Crippen LogP contribution in [0.2, 0.25) is 0 Å². The van der Waals surface area contributed by atoms with Gasteiger partial charge in [0.25, 0.3) is 0 Å². The summed E-state index contributed by atoms with van der Waals surface area (Å²) in [5.74, 6) is 0. The van der Waals surface area contributed by atoms with Crippen LogP contribution in [0.4, 0.5) is 0 Å². The van der Waals surface area contributed by atoms with Crippen LogP contribution in [0.15, 0.2) is 40.7 Å². The molecule has 0 spiro atoms. The number of imidazole rings is 1. The van der Waals surface area contributed by atoms with Crippen molar-refractivity contribution in [1.82, 2.24) is 14.5 Å². The molecule has 4 heteroatoms. The maximum atomic E-state index is 12.1. The Kier molecular flexibility index (Phi) is 5.91. The van der Waals surface area contributed by atoms with Crippen LogP contribution in [0, 0.1) is 0 Å². The van der Waals surface area contributed by atoms with E-state index < -0.39 is 0 Å². The van der Waals surface area contributed by atoms with Gasteiger partial charge in [-0.3, -0.25) is 4.57 Å². The van der Waals surface area contributed by atoms with Crippen molar-refractivity contribution in [3.63, 3.8) is 0 Å². The van der Waals surface area contributed by atoms with E-state index in [1.165, 1.54) is 45.2 Å². The first-order valence-corrected chi connectivity index (χ1v) is 9.35. The summed E-state index contributed by atoms with van der Waals surface area (Å²) >= 11 is 0. The molecule has 0 bridgehead atoms. The summed E-state index contributed by atoms with van der Waals surface area (Å²) < 4.78 is 1.87. The van der Waals surface area contributed by atoms with Gasteiger partial charge in [0.1, 0.15) is 0 Å². The predicted molar refractivity (Wildman–Crippen MR) is 100 cm³/mol. The Morgan fingerprint density at radius 1 is 1.12 bits per heavy atom. The average Bonchev–Trinajstić information content (AvgIpc) is 2.92. The van der Waals surface area contributed by atoms with Crippen molar-refractivity contribution in [3.05, 3.63) is 46.4 Å². The number of benzene rings is 1. The highest BCUT2D eigenvalue weighted by Crippen LogP contribution is 2.18. The second kappa shape index (κ2) is 8.34. The fraction of sp³-hybridized carbons (Fsp3) is 0.550. The molecule has 0 radical (unpaired) electrons. The molecule has 24 heavy (non-hydrogen) atoms. The van der Waals surface area contributed by atoms with Crippen LogP contribution in [0.3, 0.4) is 0 Å². The van der Waals surface area contributed by atoms with Crippen molar-refractivity contribution in [3.8, 4) is 0 Å². The number of nitrogens with one attached hydrogen (secondary N) is 1. The Morgan fingerprint density at radius 2 is 1.92 bits per heavy atom. The van der Waals surface area contributed by atoms with Crippen molar-refractivity contribution in [2.45, 2.75) is 52.0 Å². The van der Waals surface area contributed by atoms with Crippen molar-refractivity contribution in [1.29, 1.82) is 0 Å². The van der Waals surface area contributed by atoms with Gasteiger partial charge in [0, 0.05) is 19.6 Å². The van der Waals surface area contributed by atoms with Crippen LogP contribution in [0.1, 0.15) is 45.4 Å². The smallest absolute Gasteiger partial charge is 0.306 e. The summed E-state index contributed by atoms with van der Waals surface area (Å²) in [5.41, 5.74) is 3.60. The molecule has 0 atom stereocenters. The van der Waals surface area contributed by atoms with Crippen molar-refractivity contribution < 1.29 is 0 Å². The molecule has 1 fully saturated rings. The Hall–Kier alpha value is -1.81. The lowest BCUT2D eigenvalue weighted by Gasteiger charge is -2.28. The minimum Gasteiger partial charge on any atom is -0.306 e. The standard InChI is InChI=1S/C20H29N3O/c1-2-3-4-8-17-11-15-22(16-12-17)13-7-14-23-19-10-6-5-9-18(19)21-20(23)24/h5-6,8-10H,2-4,7,11-16H2,1H3,(H,21,24). The van der Waals surface area contributed by atoms with E-state index in [2.05, 4.69) is 22.9 Å². The lowest BCUT2D eigenvalue weighted by atomic mass is 10.0. The first kappa shape index (κ1) is 17.0. The first-order chi connectivity index (χ1) is 11.8. The van der Waals surface area contributed by atoms with Gasteiger partial charge in [-0.25, -0.2) is 4.79 Å². The summed E-state index contributed by atoms with van der Waals surface area (Å²) in [5, 5.41) is 0. The number of piperidine rings is 1. The normalized spacial score (nSPS) is 16.0. The molecule has 130 valence electrons. The third-order valence-corrected chi connectivity index (χ3v) is 5.03. The molecular weight excluding hydrogens is 298 g/mol. The summed E-state index contributed by atoms with van der Waals surface area (Å²) in [6, 6.07) is 7.93. The SMILES string of the molecule is CCCCC=C1CCN(CCCn2c(=O)[nH]c3ccccc32)CC1.